The minimum absolute atomic E-state index is 0.0531. The highest BCUT2D eigenvalue weighted by atomic mass is 16.5. The van der Waals surface area contributed by atoms with Gasteiger partial charge in [0.2, 0.25) is 5.91 Å². The van der Waals surface area contributed by atoms with Crippen LogP contribution in [0.5, 0.6) is 5.75 Å². The second kappa shape index (κ2) is 8.29. The molecule has 3 fully saturated rings. The van der Waals surface area contributed by atoms with Crippen molar-refractivity contribution in [3.8, 4) is 5.75 Å². The van der Waals surface area contributed by atoms with E-state index in [0.29, 0.717) is 5.91 Å². The molecule has 1 amide bonds. The number of benzene rings is 2. The predicted molar refractivity (Wildman–Crippen MR) is 120 cm³/mol. The molecule has 0 bridgehead atoms. The van der Waals surface area contributed by atoms with Gasteiger partial charge in [0.1, 0.15) is 5.75 Å². The molecule has 3 aliphatic rings. The van der Waals surface area contributed by atoms with Crippen LogP contribution in [0, 0.1) is 5.92 Å². The summed E-state index contributed by atoms with van der Waals surface area (Å²) in [7, 11) is 1.69. The first-order valence-electron chi connectivity index (χ1n) is 11.5. The van der Waals surface area contributed by atoms with Crippen LogP contribution in [0.15, 0.2) is 54.6 Å². The lowest BCUT2D eigenvalue weighted by Crippen LogP contribution is -2.84. The molecule has 0 aromatic heterocycles. The summed E-state index contributed by atoms with van der Waals surface area (Å²) in [5, 5.41) is 10.3. The Morgan fingerprint density at radius 3 is 2.52 bits per heavy atom. The number of aliphatic hydroxyl groups is 1. The molecular weight excluding hydrogens is 388 g/mol. The number of carbonyl (C=O) groups excluding carboxylic acids is 1. The molecule has 2 aromatic carbocycles. The highest BCUT2D eigenvalue weighted by molar-refractivity contribution is 5.80. The number of likely N-dealkylation sites (tertiary alicyclic amines) is 2. The molecule has 2 heterocycles. The molecule has 2 aliphatic heterocycles. The van der Waals surface area contributed by atoms with Crippen molar-refractivity contribution in [1.29, 1.82) is 0 Å². The normalized spacial score (nSPS) is 25.3. The molecule has 5 nitrogen and oxygen atoms in total. The van der Waals surface area contributed by atoms with Gasteiger partial charge in [-0.1, -0.05) is 55.3 Å². The predicted octanol–water partition coefficient (Wildman–Crippen LogP) is 3.43. The van der Waals surface area contributed by atoms with Crippen LogP contribution in [-0.2, 0) is 11.3 Å². The molecule has 2 atom stereocenters. The topological polar surface area (TPSA) is 53.0 Å². The minimum Gasteiger partial charge on any atom is -0.497 e. The fraction of sp³-hybridized carbons (Fsp3) is 0.500. The number of nitrogens with zero attached hydrogens (tertiary/aromatic N) is 2. The van der Waals surface area contributed by atoms with Crippen molar-refractivity contribution in [1.82, 2.24) is 9.80 Å². The molecule has 2 aromatic rings. The first kappa shape index (κ1) is 20.5. The second-order valence-corrected chi connectivity index (χ2v) is 9.40. The van der Waals surface area contributed by atoms with Gasteiger partial charge in [0.15, 0.2) is 0 Å². The zero-order valence-electron chi connectivity index (χ0n) is 18.2. The van der Waals surface area contributed by atoms with Gasteiger partial charge in [0, 0.05) is 37.5 Å². The summed E-state index contributed by atoms with van der Waals surface area (Å²) in [5.74, 6) is 1.63. The average Bonchev–Trinajstić information content (AvgIpc) is 3.31. The Kier molecular flexibility index (Phi) is 5.49. The van der Waals surface area contributed by atoms with Crippen LogP contribution in [0.3, 0.4) is 0 Å². The van der Waals surface area contributed by atoms with Gasteiger partial charge in [0.05, 0.1) is 19.3 Å². The van der Waals surface area contributed by atoms with E-state index < -0.39 is 0 Å². The van der Waals surface area contributed by atoms with E-state index in [1.165, 1.54) is 24.0 Å². The zero-order valence-corrected chi connectivity index (χ0v) is 18.2. The fourth-order valence-corrected chi connectivity index (χ4v) is 6.18. The first-order chi connectivity index (χ1) is 15.2. The van der Waals surface area contributed by atoms with Crippen molar-refractivity contribution in [2.75, 3.05) is 26.8 Å². The molecule has 1 N–H and O–H groups in total. The Hall–Kier alpha value is -2.37. The molecule has 1 spiro atoms. The third kappa shape index (κ3) is 3.44. The summed E-state index contributed by atoms with van der Waals surface area (Å²) in [6.45, 7) is 2.36. The van der Waals surface area contributed by atoms with Gasteiger partial charge in [-0.3, -0.25) is 9.69 Å². The van der Waals surface area contributed by atoms with Crippen LogP contribution in [0.25, 0.3) is 0 Å². The van der Waals surface area contributed by atoms with Crippen LogP contribution in [0.2, 0.25) is 0 Å². The standard InChI is InChI=1S/C26H32N2O3/c1-31-22-13-7-8-19(14-22)15-28-23(16-29)24(20-9-3-2-4-10-20)26(28)17-27(18-26)25(30)21-11-5-6-12-21/h2-4,7-10,13-14,21,23-24,29H,5-6,11-12,15-18H2,1H3/t23-,24-/m0/s1. The maximum absolute atomic E-state index is 13.0. The van der Waals surface area contributed by atoms with Crippen LogP contribution in [-0.4, -0.2) is 59.2 Å². The summed E-state index contributed by atoms with van der Waals surface area (Å²) in [6.07, 6.45) is 4.43. The van der Waals surface area contributed by atoms with Gasteiger partial charge in [-0.25, -0.2) is 0 Å². The molecule has 1 saturated carbocycles. The van der Waals surface area contributed by atoms with E-state index in [1.54, 1.807) is 7.11 Å². The van der Waals surface area contributed by atoms with Crippen LogP contribution in [0.1, 0.15) is 42.7 Å². The van der Waals surface area contributed by atoms with Crippen molar-refractivity contribution in [2.45, 2.75) is 49.7 Å². The van der Waals surface area contributed by atoms with E-state index in [2.05, 4.69) is 46.2 Å². The SMILES string of the molecule is COc1cccc(CN2[C@@H](CO)[C@H](c3ccccc3)C23CN(C(=O)C2CCCC2)C3)c1. The summed E-state index contributed by atoms with van der Waals surface area (Å²) < 4.78 is 5.41. The molecule has 0 radical (unpaired) electrons. The van der Waals surface area contributed by atoms with Gasteiger partial charge < -0.3 is 14.7 Å². The molecule has 0 unspecified atom stereocenters. The summed E-state index contributed by atoms with van der Waals surface area (Å²) in [5.41, 5.74) is 2.33. The number of carbonyl (C=O) groups is 1. The van der Waals surface area contributed by atoms with Crippen molar-refractivity contribution in [3.63, 3.8) is 0 Å². The smallest absolute Gasteiger partial charge is 0.225 e. The third-order valence-electron chi connectivity index (χ3n) is 7.71. The monoisotopic (exact) mass is 420 g/mol. The molecular formula is C26H32N2O3. The Morgan fingerprint density at radius 1 is 1.10 bits per heavy atom. The number of rotatable bonds is 6. The van der Waals surface area contributed by atoms with E-state index in [0.717, 1.165) is 38.2 Å². The summed E-state index contributed by atoms with van der Waals surface area (Å²) in [4.78, 5) is 17.5. The highest BCUT2D eigenvalue weighted by Gasteiger charge is 2.66. The third-order valence-corrected chi connectivity index (χ3v) is 7.71. The van der Waals surface area contributed by atoms with Gasteiger partial charge in [-0.15, -0.1) is 0 Å². The first-order valence-corrected chi connectivity index (χ1v) is 11.5. The Balaban J connectivity index is 1.41. The van der Waals surface area contributed by atoms with Gasteiger partial charge >= 0.3 is 0 Å². The molecule has 5 rings (SSSR count). The minimum atomic E-state index is -0.105. The lowest BCUT2D eigenvalue weighted by Gasteiger charge is -2.71. The van der Waals surface area contributed by atoms with Crippen LogP contribution < -0.4 is 4.74 Å². The van der Waals surface area contributed by atoms with E-state index in [4.69, 9.17) is 4.74 Å². The Labute approximate surface area is 184 Å². The molecule has 1 aliphatic carbocycles. The molecule has 31 heavy (non-hydrogen) atoms. The van der Waals surface area contributed by atoms with Crippen LogP contribution >= 0.6 is 0 Å². The van der Waals surface area contributed by atoms with Crippen molar-refractivity contribution in [3.05, 3.63) is 65.7 Å². The van der Waals surface area contributed by atoms with E-state index in [-0.39, 0.29) is 30.0 Å². The van der Waals surface area contributed by atoms with E-state index in [1.807, 2.05) is 18.2 Å². The number of hydrogen-bond acceptors (Lipinski definition) is 4. The Morgan fingerprint density at radius 2 is 1.84 bits per heavy atom. The van der Waals surface area contributed by atoms with Crippen molar-refractivity contribution >= 4 is 5.91 Å². The van der Waals surface area contributed by atoms with E-state index in [9.17, 15) is 9.90 Å². The maximum atomic E-state index is 13.0. The fourth-order valence-electron chi connectivity index (χ4n) is 6.18. The van der Waals surface area contributed by atoms with Crippen molar-refractivity contribution in [2.24, 2.45) is 5.92 Å². The summed E-state index contributed by atoms with van der Waals surface area (Å²) in [6, 6.07) is 18.7. The number of amides is 1. The maximum Gasteiger partial charge on any atom is 0.225 e. The van der Waals surface area contributed by atoms with Gasteiger partial charge in [-0.05, 0) is 36.1 Å². The lowest BCUT2D eigenvalue weighted by atomic mass is 9.60. The molecule has 2 saturated heterocycles. The van der Waals surface area contributed by atoms with Crippen LogP contribution in [0.4, 0.5) is 0 Å². The number of ether oxygens (including phenoxy) is 1. The zero-order chi connectivity index (χ0) is 21.4. The lowest BCUT2D eigenvalue weighted by molar-refractivity contribution is -0.202. The molecule has 5 heteroatoms. The average molecular weight is 421 g/mol. The number of aliphatic hydroxyl groups excluding tert-OH is 1. The Bertz CT molecular complexity index is 919. The van der Waals surface area contributed by atoms with Gasteiger partial charge in [0.25, 0.3) is 0 Å². The highest BCUT2D eigenvalue weighted by Crippen LogP contribution is 2.54. The second-order valence-electron chi connectivity index (χ2n) is 9.40. The quantitative estimate of drug-likeness (QED) is 0.778. The molecule has 164 valence electrons. The van der Waals surface area contributed by atoms with E-state index >= 15 is 0 Å². The van der Waals surface area contributed by atoms with Gasteiger partial charge in [-0.2, -0.15) is 0 Å². The van der Waals surface area contributed by atoms with Crippen molar-refractivity contribution < 1.29 is 14.6 Å². The number of methoxy groups -OCH3 is 1. The largest absolute Gasteiger partial charge is 0.497 e. The summed E-state index contributed by atoms with van der Waals surface area (Å²) >= 11 is 0. The number of hydrogen-bond donors (Lipinski definition) is 1.